The predicted octanol–water partition coefficient (Wildman–Crippen LogP) is 6.71. The number of hydrogen-bond donors (Lipinski definition) is 2. The Morgan fingerprint density at radius 3 is 2.10 bits per heavy atom. The summed E-state index contributed by atoms with van der Waals surface area (Å²) in [5, 5.41) is 14.2. The van der Waals surface area contributed by atoms with Gasteiger partial charge in [-0.15, -0.1) is 0 Å². The van der Waals surface area contributed by atoms with Crippen LogP contribution in [-0.4, -0.2) is 24.5 Å². The molecule has 4 nitrogen and oxygen atoms in total. The van der Waals surface area contributed by atoms with E-state index in [0.29, 0.717) is 23.5 Å². The number of phenols is 1. The number of nitrogens with one attached hydrogen (secondary N) is 1. The molecule has 0 heterocycles. The molecule has 0 aliphatic carbocycles. The topological polar surface area (TPSA) is 58.6 Å². The molecule has 4 heteroatoms. The highest BCUT2D eigenvalue weighted by molar-refractivity contribution is 6.07. The van der Waals surface area contributed by atoms with Gasteiger partial charge in [0, 0.05) is 29.4 Å². The fraction of sp³-hybridized carbons (Fsp3) is 0.444. The molecule has 0 spiro atoms. The number of carbonyl (C=O) groups is 1. The first-order chi connectivity index (χ1) is 14.4. The van der Waals surface area contributed by atoms with Gasteiger partial charge in [0.05, 0.1) is 12.2 Å². The summed E-state index contributed by atoms with van der Waals surface area (Å²) in [7, 11) is 1.84. The summed E-state index contributed by atoms with van der Waals surface area (Å²) in [6, 6.07) is 9.37. The second kappa shape index (κ2) is 9.59. The molecule has 2 N–H and O–H groups in total. The zero-order valence-electron chi connectivity index (χ0n) is 20.2. The minimum Gasteiger partial charge on any atom is -0.507 e. The highest BCUT2D eigenvalue weighted by Gasteiger charge is 2.29. The Balaban J connectivity index is 2.63. The number of allylic oxidation sites excluding steroid dienone is 1. The fourth-order valence-electron chi connectivity index (χ4n) is 3.38. The van der Waals surface area contributed by atoms with E-state index in [1.807, 2.05) is 26.1 Å². The van der Waals surface area contributed by atoms with E-state index in [4.69, 9.17) is 4.74 Å². The lowest BCUT2D eigenvalue weighted by Crippen LogP contribution is -2.19. The van der Waals surface area contributed by atoms with Crippen molar-refractivity contribution in [3.8, 4) is 11.5 Å². The summed E-state index contributed by atoms with van der Waals surface area (Å²) >= 11 is 0. The molecule has 0 atom stereocenters. The van der Waals surface area contributed by atoms with Crippen LogP contribution < -0.4 is 10.1 Å². The van der Waals surface area contributed by atoms with Crippen molar-refractivity contribution in [1.82, 2.24) is 0 Å². The number of ketones is 1. The second-order valence-electron chi connectivity index (χ2n) is 9.94. The van der Waals surface area contributed by atoms with Crippen LogP contribution in [0.3, 0.4) is 0 Å². The molecule has 0 radical (unpaired) electrons. The van der Waals surface area contributed by atoms with E-state index in [1.165, 1.54) is 6.08 Å². The third-order valence-corrected chi connectivity index (χ3v) is 5.21. The predicted molar refractivity (Wildman–Crippen MR) is 131 cm³/mol. The molecule has 0 fully saturated rings. The maximum Gasteiger partial charge on any atom is 0.185 e. The van der Waals surface area contributed by atoms with Crippen molar-refractivity contribution in [2.24, 2.45) is 0 Å². The van der Waals surface area contributed by atoms with E-state index in [-0.39, 0.29) is 22.4 Å². The van der Waals surface area contributed by atoms with E-state index in [9.17, 15) is 9.90 Å². The number of phenolic OH excluding ortho intramolecular Hbond substituents is 1. The Bertz CT molecular complexity index is 942. The minimum atomic E-state index is -0.261. The van der Waals surface area contributed by atoms with Gasteiger partial charge >= 0.3 is 0 Å². The highest BCUT2D eigenvalue weighted by atomic mass is 16.5. The standard InChI is InChI=1S/C27H37NO3/c1-9-16-31-25-20(14-15-23(29)18-10-12-19(28-8)13-11-18)24(30)21(26(2,3)4)17-22(25)27(5,6)7/h10-15,17,28,30H,9,16H2,1-8H3. The number of ether oxygens (including phenoxy) is 1. The number of anilines is 1. The van der Waals surface area contributed by atoms with Crippen molar-refractivity contribution in [2.45, 2.75) is 65.7 Å². The summed E-state index contributed by atoms with van der Waals surface area (Å²) in [4.78, 5) is 12.8. The molecule has 168 valence electrons. The molecule has 2 aromatic rings. The first-order valence-corrected chi connectivity index (χ1v) is 10.9. The molecular weight excluding hydrogens is 386 g/mol. The largest absolute Gasteiger partial charge is 0.507 e. The molecule has 2 rings (SSSR count). The molecule has 0 saturated carbocycles. The third-order valence-electron chi connectivity index (χ3n) is 5.21. The number of hydrogen-bond acceptors (Lipinski definition) is 4. The van der Waals surface area contributed by atoms with Gasteiger partial charge in [-0.05, 0) is 59.7 Å². The number of benzene rings is 2. The van der Waals surface area contributed by atoms with Gasteiger partial charge in [-0.2, -0.15) is 0 Å². The van der Waals surface area contributed by atoms with Crippen LogP contribution in [0.5, 0.6) is 11.5 Å². The van der Waals surface area contributed by atoms with E-state index >= 15 is 0 Å². The zero-order chi connectivity index (χ0) is 23.4. The van der Waals surface area contributed by atoms with Crippen LogP contribution in [0.4, 0.5) is 5.69 Å². The molecule has 0 unspecified atom stereocenters. The first-order valence-electron chi connectivity index (χ1n) is 10.9. The van der Waals surface area contributed by atoms with Crippen LogP contribution in [0.15, 0.2) is 36.4 Å². The summed E-state index contributed by atoms with van der Waals surface area (Å²) < 4.78 is 6.13. The molecular formula is C27H37NO3. The van der Waals surface area contributed by atoms with Crippen molar-refractivity contribution in [3.63, 3.8) is 0 Å². The lowest BCUT2D eigenvalue weighted by atomic mass is 9.78. The van der Waals surface area contributed by atoms with E-state index in [2.05, 4.69) is 52.9 Å². The van der Waals surface area contributed by atoms with Gasteiger partial charge in [0.25, 0.3) is 0 Å². The molecule has 0 saturated heterocycles. The van der Waals surface area contributed by atoms with Crippen molar-refractivity contribution < 1.29 is 14.6 Å². The minimum absolute atomic E-state index is 0.123. The van der Waals surface area contributed by atoms with Crippen molar-refractivity contribution in [1.29, 1.82) is 0 Å². The van der Waals surface area contributed by atoms with E-state index < -0.39 is 0 Å². The SMILES string of the molecule is CCCOc1c(C(C)(C)C)cc(C(C)(C)C)c(O)c1C=CC(=O)c1ccc(NC)cc1. The summed E-state index contributed by atoms with van der Waals surface area (Å²) in [5.74, 6) is 0.692. The molecule has 0 bridgehead atoms. The molecule has 0 amide bonds. The lowest BCUT2D eigenvalue weighted by Gasteiger charge is -2.30. The van der Waals surface area contributed by atoms with Crippen LogP contribution in [-0.2, 0) is 10.8 Å². The monoisotopic (exact) mass is 423 g/mol. The average Bonchev–Trinajstić information content (AvgIpc) is 2.69. The van der Waals surface area contributed by atoms with Crippen LogP contribution in [0.25, 0.3) is 6.08 Å². The van der Waals surface area contributed by atoms with Crippen molar-refractivity contribution in [2.75, 3.05) is 19.0 Å². The maximum absolute atomic E-state index is 12.8. The number of rotatable bonds is 7. The lowest BCUT2D eigenvalue weighted by molar-refractivity contribution is 0.104. The van der Waals surface area contributed by atoms with Gasteiger partial charge in [0.2, 0.25) is 0 Å². The van der Waals surface area contributed by atoms with Crippen LogP contribution in [0.2, 0.25) is 0 Å². The Labute approximate surface area is 187 Å². The van der Waals surface area contributed by atoms with E-state index in [0.717, 1.165) is 23.2 Å². The van der Waals surface area contributed by atoms with Gasteiger partial charge in [0.15, 0.2) is 5.78 Å². The average molecular weight is 424 g/mol. The summed E-state index contributed by atoms with van der Waals surface area (Å²) in [5.41, 5.74) is 3.51. The van der Waals surface area contributed by atoms with Crippen molar-refractivity contribution in [3.05, 3.63) is 58.7 Å². The van der Waals surface area contributed by atoms with Gasteiger partial charge in [-0.25, -0.2) is 0 Å². The molecule has 2 aromatic carbocycles. The summed E-state index contributed by atoms with van der Waals surface area (Å²) in [6.45, 7) is 15.2. The molecule has 31 heavy (non-hydrogen) atoms. The van der Waals surface area contributed by atoms with Gasteiger partial charge in [-0.3, -0.25) is 4.79 Å². The highest BCUT2D eigenvalue weighted by Crippen LogP contribution is 2.45. The Kier molecular flexibility index (Phi) is 7.58. The number of aromatic hydroxyl groups is 1. The van der Waals surface area contributed by atoms with Crippen LogP contribution in [0, 0.1) is 0 Å². The molecule has 0 aliphatic rings. The molecule has 0 aliphatic heterocycles. The Hall–Kier alpha value is -2.75. The van der Waals surface area contributed by atoms with Gasteiger partial charge < -0.3 is 15.2 Å². The normalized spacial score (nSPS) is 12.3. The fourth-order valence-corrected chi connectivity index (χ4v) is 3.38. The van der Waals surface area contributed by atoms with Gasteiger partial charge in [0.1, 0.15) is 11.5 Å². The quantitative estimate of drug-likeness (QED) is 0.384. The maximum atomic E-state index is 12.8. The first kappa shape index (κ1) is 24.5. The Morgan fingerprint density at radius 2 is 1.61 bits per heavy atom. The second-order valence-corrected chi connectivity index (χ2v) is 9.94. The zero-order valence-corrected chi connectivity index (χ0v) is 20.2. The van der Waals surface area contributed by atoms with E-state index in [1.54, 1.807) is 18.2 Å². The van der Waals surface area contributed by atoms with Crippen LogP contribution >= 0.6 is 0 Å². The smallest absolute Gasteiger partial charge is 0.185 e. The molecule has 0 aromatic heterocycles. The van der Waals surface area contributed by atoms with Crippen LogP contribution in [0.1, 0.15) is 81.9 Å². The summed E-state index contributed by atoms with van der Waals surface area (Å²) in [6.07, 6.45) is 4.06. The number of carbonyl (C=O) groups excluding carboxylic acids is 1. The Morgan fingerprint density at radius 1 is 1.03 bits per heavy atom. The van der Waals surface area contributed by atoms with Gasteiger partial charge in [-0.1, -0.05) is 48.5 Å². The van der Waals surface area contributed by atoms with Crippen molar-refractivity contribution >= 4 is 17.5 Å². The third kappa shape index (κ3) is 5.90.